The van der Waals surface area contributed by atoms with Gasteiger partial charge in [0.05, 0.1) is 0 Å². The highest BCUT2D eigenvalue weighted by molar-refractivity contribution is 9.10. The number of carboxylic acids is 1. The second-order valence-electron chi connectivity index (χ2n) is 4.27. The van der Waals surface area contributed by atoms with Gasteiger partial charge in [0.15, 0.2) is 6.10 Å². The summed E-state index contributed by atoms with van der Waals surface area (Å²) in [6.45, 7) is 5.58. The number of hydrogen-bond acceptors (Lipinski definition) is 3. The number of benzene rings is 1. The third-order valence-corrected chi connectivity index (χ3v) is 3.46. The second-order valence-corrected chi connectivity index (χ2v) is 5.12. The molecule has 1 unspecified atom stereocenters. The van der Waals surface area contributed by atoms with Gasteiger partial charge in [-0.2, -0.15) is 0 Å². The topological polar surface area (TPSA) is 58.6 Å². The lowest BCUT2D eigenvalue weighted by molar-refractivity contribution is -0.145. The normalized spacial score (nSPS) is 12.2. The fourth-order valence-corrected chi connectivity index (χ4v) is 2.07. The minimum absolute atomic E-state index is 0.508. The van der Waals surface area contributed by atoms with Crippen molar-refractivity contribution < 1.29 is 14.6 Å². The van der Waals surface area contributed by atoms with Gasteiger partial charge in [-0.15, -0.1) is 0 Å². The van der Waals surface area contributed by atoms with E-state index < -0.39 is 12.1 Å². The summed E-state index contributed by atoms with van der Waals surface area (Å²) in [5, 5.41) is 12.3. The standard InChI is InChI=1S/C14H20BrNO3/c1-3-5-13(14(17)18)19-11-6-7-12(15)10(8-11)9-16-4-2/h6-8,13,16H,3-5,9H2,1-2H3,(H,17,18). The van der Waals surface area contributed by atoms with Gasteiger partial charge in [0, 0.05) is 11.0 Å². The van der Waals surface area contributed by atoms with Crippen LogP contribution in [0.2, 0.25) is 0 Å². The minimum atomic E-state index is -0.919. The number of nitrogens with one attached hydrogen (secondary N) is 1. The number of rotatable bonds is 8. The van der Waals surface area contributed by atoms with Crippen LogP contribution in [0, 0.1) is 0 Å². The van der Waals surface area contributed by atoms with E-state index in [-0.39, 0.29) is 0 Å². The SMILES string of the molecule is CCCC(Oc1ccc(Br)c(CNCC)c1)C(=O)O. The zero-order valence-corrected chi connectivity index (χ0v) is 12.9. The van der Waals surface area contributed by atoms with Gasteiger partial charge < -0.3 is 15.2 Å². The summed E-state index contributed by atoms with van der Waals surface area (Å²) in [5.41, 5.74) is 1.06. The van der Waals surface area contributed by atoms with Crippen molar-refractivity contribution in [2.75, 3.05) is 6.54 Å². The average molecular weight is 330 g/mol. The van der Waals surface area contributed by atoms with Crippen LogP contribution in [-0.2, 0) is 11.3 Å². The molecule has 4 nitrogen and oxygen atoms in total. The van der Waals surface area contributed by atoms with Crippen LogP contribution in [0.4, 0.5) is 0 Å². The highest BCUT2D eigenvalue weighted by Gasteiger charge is 2.18. The first-order valence-electron chi connectivity index (χ1n) is 6.47. The molecule has 1 rings (SSSR count). The van der Waals surface area contributed by atoms with Crippen molar-refractivity contribution >= 4 is 21.9 Å². The van der Waals surface area contributed by atoms with Gasteiger partial charge in [0.2, 0.25) is 0 Å². The molecule has 0 aliphatic rings. The number of hydrogen-bond donors (Lipinski definition) is 2. The van der Waals surface area contributed by atoms with Crippen molar-refractivity contribution in [2.45, 2.75) is 39.3 Å². The molecule has 0 bridgehead atoms. The Morgan fingerprint density at radius 3 is 2.79 bits per heavy atom. The molecule has 0 aliphatic heterocycles. The van der Waals surface area contributed by atoms with Crippen LogP contribution in [0.25, 0.3) is 0 Å². The average Bonchev–Trinajstić information content (AvgIpc) is 2.38. The molecule has 0 saturated carbocycles. The number of carbonyl (C=O) groups is 1. The van der Waals surface area contributed by atoms with E-state index in [1.54, 1.807) is 6.07 Å². The molecule has 0 amide bonds. The molecule has 106 valence electrons. The Balaban J connectivity index is 2.79. The van der Waals surface area contributed by atoms with E-state index >= 15 is 0 Å². The summed E-state index contributed by atoms with van der Waals surface area (Å²) >= 11 is 3.47. The maximum atomic E-state index is 11.1. The Bertz CT molecular complexity index is 423. The molecule has 1 atom stereocenters. The van der Waals surface area contributed by atoms with Crippen LogP contribution in [0.15, 0.2) is 22.7 Å². The monoisotopic (exact) mass is 329 g/mol. The predicted octanol–water partition coefficient (Wildman–Crippen LogP) is 3.19. The number of aliphatic carboxylic acids is 1. The van der Waals surface area contributed by atoms with Gasteiger partial charge in [0.1, 0.15) is 5.75 Å². The largest absolute Gasteiger partial charge is 0.479 e. The van der Waals surface area contributed by atoms with Crippen LogP contribution in [0.5, 0.6) is 5.75 Å². The summed E-state index contributed by atoms with van der Waals surface area (Å²) in [7, 11) is 0. The molecule has 0 aromatic heterocycles. The first-order chi connectivity index (χ1) is 9.08. The molecule has 1 aromatic carbocycles. The second kappa shape index (κ2) is 8.17. The van der Waals surface area contributed by atoms with Crippen LogP contribution >= 0.6 is 15.9 Å². The molecular weight excluding hydrogens is 310 g/mol. The van der Waals surface area contributed by atoms with Gasteiger partial charge in [-0.1, -0.05) is 36.2 Å². The Hall–Kier alpha value is -1.07. The van der Waals surface area contributed by atoms with Crippen LogP contribution in [-0.4, -0.2) is 23.7 Å². The van der Waals surface area contributed by atoms with E-state index in [1.807, 2.05) is 26.0 Å². The lowest BCUT2D eigenvalue weighted by atomic mass is 10.2. The van der Waals surface area contributed by atoms with E-state index in [2.05, 4.69) is 21.2 Å². The van der Waals surface area contributed by atoms with Gasteiger partial charge in [-0.3, -0.25) is 0 Å². The van der Waals surface area contributed by atoms with Crippen LogP contribution < -0.4 is 10.1 Å². The first-order valence-corrected chi connectivity index (χ1v) is 7.26. The van der Waals surface area contributed by atoms with E-state index in [4.69, 9.17) is 9.84 Å². The molecule has 2 N–H and O–H groups in total. The summed E-state index contributed by atoms with van der Waals surface area (Å²) in [6, 6.07) is 5.54. The predicted molar refractivity (Wildman–Crippen MR) is 78.5 cm³/mol. The zero-order valence-electron chi connectivity index (χ0n) is 11.3. The molecule has 19 heavy (non-hydrogen) atoms. The third-order valence-electron chi connectivity index (χ3n) is 2.69. The number of halogens is 1. The van der Waals surface area contributed by atoms with Crippen molar-refractivity contribution in [2.24, 2.45) is 0 Å². The molecule has 0 heterocycles. The van der Waals surface area contributed by atoms with E-state index in [9.17, 15) is 4.79 Å². The molecule has 0 radical (unpaired) electrons. The van der Waals surface area contributed by atoms with E-state index in [0.29, 0.717) is 12.2 Å². The minimum Gasteiger partial charge on any atom is -0.479 e. The number of carboxylic acid groups (broad SMARTS) is 1. The van der Waals surface area contributed by atoms with Crippen molar-refractivity contribution in [3.05, 3.63) is 28.2 Å². The van der Waals surface area contributed by atoms with Gasteiger partial charge in [-0.05, 0) is 36.7 Å². The lowest BCUT2D eigenvalue weighted by Gasteiger charge is -2.15. The molecule has 1 aromatic rings. The molecule has 0 aliphatic carbocycles. The van der Waals surface area contributed by atoms with Gasteiger partial charge in [-0.25, -0.2) is 4.79 Å². The highest BCUT2D eigenvalue weighted by Crippen LogP contribution is 2.24. The Kier molecular flexibility index (Phi) is 6.87. The quantitative estimate of drug-likeness (QED) is 0.769. The summed E-state index contributed by atoms with van der Waals surface area (Å²) in [5.74, 6) is -0.324. The van der Waals surface area contributed by atoms with Crippen molar-refractivity contribution in [1.29, 1.82) is 0 Å². The molecule has 0 spiro atoms. The fraction of sp³-hybridized carbons (Fsp3) is 0.500. The smallest absolute Gasteiger partial charge is 0.344 e. The maximum Gasteiger partial charge on any atom is 0.344 e. The highest BCUT2D eigenvalue weighted by atomic mass is 79.9. The van der Waals surface area contributed by atoms with Crippen molar-refractivity contribution in [1.82, 2.24) is 5.32 Å². The molecular formula is C14H20BrNO3. The Labute approximate surface area is 122 Å². The Morgan fingerprint density at radius 2 is 2.21 bits per heavy atom. The van der Waals surface area contributed by atoms with Crippen molar-refractivity contribution in [3.8, 4) is 5.75 Å². The summed E-state index contributed by atoms with van der Waals surface area (Å²) in [4.78, 5) is 11.1. The third kappa shape index (κ3) is 5.20. The number of ether oxygens (including phenoxy) is 1. The summed E-state index contributed by atoms with van der Waals surface area (Å²) in [6.07, 6.45) is 0.504. The molecule has 0 saturated heterocycles. The maximum absolute atomic E-state index is 11.1. The van der Waals surface area contributed by atoms with Gasteiger partial charge in [0.25, 0.3) is 0 Å². The Morgan fingerprint density at radius 1 is 1.47 bits per heavy atom. The van der Waals surface area contributed by atoms with E-state index in [0.717, 1.165) is 29.5 Å². The van der Waals surface area contributed by atoms with Crippen LogP contribution in [0.1, 0.15) is 32.3 Å². The first kappa shape index (κ1) is 16.0. The summed E-state index contributed by atoms with van der Waals surface area (Å²) < 4.78 is 6.53. The molecule has 0 fully saturated rings. The zero-order chi connectivity index (χ0) is 14.3. The van der Waals surface area contributed by atoms with Gasteiger partial charge >= 0.3 is 5.97 Å². The van der Waals surface area contributed by atoms with E-state index in [1.165, 1.54) is 0 Å². The lowest BCUT2D eigenvalue weighted by Crippen LogP contribution is -2.26. The molecule has 5 heteroatoms. The van der Waals surface area contributed by atoms with Crippen molar-refractivity contribution in [3.63, 3.8) is 0 Å². The fourth-order valence-electron chi connectivity index (χ4n) is 1.68. The van der Waals surface area contributed by atoms with Crippen LogP contribution in [0.3, 0.4) is 0 Å².